The van der Waals surface area contributed by atoms with Crippen molar-refractivity contribution in [1.29, 1.82) is 0 Å². The normalized spacial score (nSPS) is 14.4. The number of methoxy groups -OCH3 is 2. The van der Waals surface area contributed by atoms with Crippen LogP contribution in [0.1, 0.15) is 24.0 Å². The van der Waals surface area contributed by atoms with Gasteiger partial charge in [-0.1, -0.05) is 12.1 Å². The maximum Gasteiger partial charge on any atom is 0.241 e. The summed E-state index contributed by atoms with van der Waals surface area (Å²) in [5, 5.41) is 0. The number of nitrogens with zero attached hydrogens (tertiary/aromatic N) is 1. The minimum absolute atomic E-state index is 0.189. The van der Waals surface area contributed by atoms with Gasteiger partial charge >= 0.3 is 0 Å². The van der Waals surface area contributed by atoms with Crippen LogP contribution in [0, 0.1) is 6.92 Å². The number of aryl methyl sites for hydroxylation is 1. The van der Waals surface area contributed by atoms with Crippen molar-refractivity contribution in [3.8, 4) is 11.5 Å². The zero-order chi connectivity index (χ0) is 19.4. The van der Waals surface area contributed by atoms with Crippen LogP contribution in [0.15, 0.2) is 41.3 Å². The van der Waals surface area contributed by atoms with E-state index >= 15 is 0 Å². The Kier molecular flexibility index (Phi) is 5.92. The van der Waals surface area contributed by atoms with Crippen molar-refractivity contribution in [2.24, 2.45) is 0 Å². The van der Waals surface area contributed by atoms with Crippen molar-refractivity contribution in [2.45, 2.75) is 31.2 Å². The van der Waals surface area contributed by atoms with Gasteiger partial charge in [-0.05, 0) is 49.1 Å². The summed E-state index contributed by atoms with van der Waals surface area (Å²) in [6.07, 6.45) is 2.46. The molecule has 0 bridgehead atoms. The monoisotopic (exact) mass is 390 g/mol. The van der Waals surface area contributed by atoms with E-state index in [1.165, 1.54) is 38.8 Å². The van der Waals surface area contributed by atoms with Gasteiger partial charge in [0.25, 0.3) is 0 Å². The largest absolute Gasteiger partial charge is 0.493 e. The molecule has 1 aliphatic heterocycles. The van der Waals surface area contributed by atoms with Crippen LogP contribution in [0.4, 0.5) is 5.69 Å². The molecular weight excluding hydrogens is 364 g/mol. The summed E-state index contributed by atoms with van der Waals surface area (Å²) in [5.74, 6) is 0.893. The molecular formula is C20H26N2O4S. The Balaban J connectivity index is 1.73. The van der Waals surface area contributed by atoms with Gasteiger partial charge in [-0.2, -0.15) is 0 Å². The molecule has 1 heterocycles. The van der Waals surface area contributed by atoms with Crippen LogP contribution in [0.2, 0.25) is 0 Å². The first-order valence-electron chi connectivity index (χ1n) is 9.01. The summed E-state index contributed by atoms with van der Waals surface area (Å²) < 4.78 is 38.6. The van der Waals surface area contributed by atoms with Crippen molar-refractivity contribution < 1.29 is 17.9 Å². The Morgan fingerprint density at radius 1 is 1.00 bits per heavy atom. The van der Waals surface area contributed by atoms with Gasteiger partial charge in [-0.3, -0.25) is 0 Å². The van der Waals surface area contributed by atoms with Crippen LogP contribution < -0.4 is 19.1 Å². The molecule has 0 amide bonds. The quantitative estimate of drug-likeness (QED) is 0.787. The Hall–Kier alpha value is -2.25. The first kappa shape index (κ1) is 19.5. The maximum atomic E-state index is 12.8. The van der Waals surface area contributed by atoms with E-state index in [1.54, 1.807) is 13.0 Å². The van der Waals surface area contributed by atoms with Crippen LogP contribution in [-0.4, -0.2) is 35.7 Å². The molecule has 2 aromatic rings. The number of rotatable bonds is 7. The van der Waals surface area contributed by atoms with Gasteiger partial charge in [0.2, 0.25) is 10.0 Å². The lowest BCUT2D eigenvalue weighted by molar-refractivity contribution is 0.353. The highest BCUT2D eigenvalue weighted by Crippen LogP contribution is 2.32. The van der Waals surface area contributed by atoms with Gasteiger partial charge < -0.3 is 14.4 Å². The van der Waals surface area contributed by atoms with E-state index in [4.69, 9.17) is 9.47 Å². The molecule has 3 rings (SSSR count). The lowest BCUT2D eigenvalue weighted by Crippen LogP contribution is -2.24. The van der Waals surface area contributed by atoms with Crippen LogP contribution in [-0.2, 0) is 16.6 Å². The van der Waals surface area contributed by atoms with E-state index in [9.17, 15) is 8.42 Å². The predicted molar refractivity (Wildman–Crippen MR) is 106 cm³/mol. The average molecular weight is 391 g/mol. The van der Waals surface area contributed by atoms with E-state index in [0.717, 1.165) is 18.7 Å². The van der Waals surface area contributed by atoms with E-state index in [1.807, 2.05) is 12.1 Å². The van der Waals surface area contributed by atoms with Crippen LogP contribution >= 0.6 is 0 Å². The number of sulfonamides is 1. The van der Waals surface area contributed by atoms with Crippen LogP contribution in [0.3, 0.4) is 0 Å². The number of hydrogen-bond acceptors (Lipinski definition) is 5. The third-order valence-corrected chi connectivity index (χ3v) is 6.39. The van der Waals surface area contributed by atoms with Crippen molar-refractivity contribution in [2.75, 3.05) is 32.2 Å². The molecule has 0 unspecified atom stereocenters. The highest BCUT2D eigenvalue weighted by Gasteiger charge is 2.20. The average Bonchev–Trinajstić information content (AvgIpc) is 3.21. The number of hydrogen-bond donors (Lipinski definition) is 1. The number of nitrogens with one attached hydrogen (secondary N) is 1. The zero-order valence-corrected chi connectivity index (χ0v) is 16.8. The van der Waals surface area contributed by atoms with Gasteiger partial charge in [0.05, 0.1) is 19.1 Å². The van der Waals surface area contributed by atoms with Crippen LogP contribution in [0.5, 0.6) is 11.5 Å². The third kappa shape index (κ3) is 4.36. The van der Waals surface area contributed by atoms with Crippen molar-refractivity contribution in [3.63, 3.8) is 0 Å². The molecule has 1 fully saturated rings. The van der Waals surface area contributed by atoms with Gasteiger partial charge in [-0.25, -0.2) is 13.1 Å². The standard InChI is InChI=1S/C20H26N2O4S/c1-15-12-18(25-2)19(26-3)13-20(15)27(23,24)21-14-16-6-8-17(9-7-16)22-10-4-5-11-22/h6-9,12-13,21H,4-5,10-11,14H2,1-3H3. The van der Waals surface area contributed by atoms with Gasteiger partial charge in [0.15, 0.2) is 11.5 Å². The third-order valence-electron chi connectivity index (χ3n) is 4.84. The second-order valence-corrected chi connectivity index (χ2v) is 8.39. The second-order valence-electron chi connectivity index (χ2n) is 6.66. The van der Waals surface area contributed by atoms with Crippen molar-refractivity contribution in [3.05, 3.63) is 47.5 Å². The Labute approximate surface area is 161 Å². The number of ether oxygens (including phenoxy) is 2. The van der Waals surface area contributed by atoms with E-state index in [2.05, 4.69) is 21.8 Å². The summed E-state index contributed by atoms with van der Waals surface area (Å²) >= 11 is 0. The Morgan fingerprint density at radius 2 is 1.59 bits per heavy atom. The molecule has 27 heavy (non-hydrogen) atoms. The fourth-order valence-corrected chi connectivity index (χ4v) is 4.56. The first-order chi connectivity index (χ1) is 12.9. The molecule has 1 N–H and O–H groups in total. The molecule has 146 valence electrons. The summed E-state index contributed by atoms with van der Waals surface area (Å²) in [7, 11) is -0.660. The lowest BCUT2D eigenvalue weighted by Gasteiger charge is -2.18. The molecule has 1 saturated heterocycles. The molecule has 6 nitrogen and oxygen atoms in total. The van der Waals surface area contributed by atoms with Crippen molar-refractivity contribution >= 4 is 15.7 Å². The smallest absolute Gasteiger partial charge is 0.241 e. The summed E-state index contributed by atoms with van der Waals surface area (Å²) in [4.78, 5) is 2.54. The van der Waals surface area contributed by atoms with Gasteiger partial charge in [0.1, 0.15) is 0 Å². The summed E-state index contributed by atoms with van der Waals surface area (Å²) in [6.45, 7) is 4.15. The molecule has 1 aliphatic rings. The maximum absolute atomic E-state index is 12.8. The molecule has 2 aromatic carbocycles. The molecule has 7 heteroatoms. The molecule has 0 aliphatic carbocycles. The van der Waals surface area contributed by atoms with Crippen LogP contribution in [0.25, 0.3) is 0 Å². The van der Waals surface area contributed by atoms with Gasteiger partial charge in [-0.15, -0.1) is 0 Å². The van der Waals surface area contributed by atoms with E-state index in [0.29, 0.717) is 17.1 Å². The topological polar surface area (TPSA) is 67.9 Å². The highest BCUT2D eigenvalue weighted by molar-refractivity contribution is 7.89. The second kappa shape index (κ2) is 8.19. The highest BCUT2D eigenvalue weighted by atomic mass is 32.2. The molecule has 0 atom stereocenters. The summed E-state index contributed by atoms with van der Waals surface area (Å²) in [5.41, 5.74) is 2.71. The van der Waals surface area contributed by atoms with E-state index < -0.39 is 10.0 Å². The molecule has 0 radical (unpaired) electrons. The predicted octanol–water partition coefficient (Wildman–Crippen LogP) is 3.09. The fraction of sp³-hybridized carbons (Fsp3) is 0.400. The van der Waals surface area contributed by atoms with E-state index in [-0.39, 0.29) is 11.4 Å². The SMILES string of the molecule is COc1cc(C)c(S(=O)(=O)NCc2ccc(N3CCCC3)cc2)cc1OC. The summed E-state index contributed by atoms with van der Waals surface area (Å²) in [6, 6.07) is 11.2. The number of benzene rings is 2. The minimum Gasteiger partial charge on any atom is -0.493 e. The Bertz CT molecular complexity index is 889. The molecule has 0 aromatic heterocycles. The first-order valence-corrected chi connectivity index (χ1v) is 10.5. The lowest BCUT2D eigenvalue weighted by atomic mass is 10.2. The zero-order valence-electron chi connectivity index (χ0n) is 16.0. The molecule has 0 saturated carbocycles. The van der Waals surface area contributed by atoms with Crippen molar-refractivity contribution in [1.82, 2.24) is 4.72 Å². The molecule has 0 spiro atoms. The fourth-order valence-electron chi connectivity index (χ4n) is 3.31. The Morgan fingerprint density at radius 3 is 2.19 bits per heavy atom. The minimum atomic E-state index is -3.67. The number of anilines is 1. The van der Waals surface area contributed by atoms with Gasteiger partial charge in [0, 0.05) is 31.4 Å².